The lowest BCUT2D eigenvalue weighted by Gasteiger charge is -2.14. The third kappa shape index (κ3) is 5.60. The Hall–Kier alpha value is -0.940. The number of ether oxygens (including phenoxy) is 2. The van der Waals surface area contributed by atoms with Crippen molar-refractivity contribution in [1.29, 1.82) is 0 Å². The molecule has 1 rings (SSSR count). The highest BCUT2D eigenvalue weighted by atomic mass is 35.7. The van der Waals surface area contributed by atoms with E-state index in [0.29, 0.717) is 24.5 Å². The molecule has 1 atom stereocenters. The molecule has 0 radical (unpaired) electrons. The number of methoxy groups -OCH3 is 1. The molecule has 0 aliphatic carbocycles. The van der Waals surface area contributed by atoms with Gasteiger partial charge >= 0.3 is 0 Å². The first-order valence-corrected chi connectivity index (χ1v) is 8.11. The van der Waals surface area contributed by atoms with E-state index in [-0.39, 0.29) is 11.7 Å². The second kappa shape index (κ2) is 6.85. The van der Waals surface area contributed by atoms with Gasteiger partial charge in [0.25, 0.3) is 0 Å². The van der Waals surface area contributed by atoms with E-state index in [0.717, 1.165) is 0 Å². The third-order valence-corrected chi connectivity index (χ3v) is 3.79. The van der Waals surface area contributed by atoms with Crippen molar-refractivity contribution >= 4 is 19.7 Å². The van der Waals surface area contributed by atoms with Crippen LogP contribution in [0.15, 0.2) is 24.3 Å². The summed E-state index contributed by atoms with van der Waals surface area (Å²) in [6.07, 6.45) is 0.690. The number of rotatable bonds is 7. The van der Waals surface area contributed by atoms with E-state index in [1.54, 1.807) is 19.2 Å². The summed E-state index contributed by atoms with van der Waals surface area (Å²) in [7, 11) is 3.33. The van der Waals surface area contributed by atoms with Gasteiger partial charge in [-0.05, 0) is 18.6 Å². The highest BCUT2D eigenvalue weighted by molar-refractivity contribution is 8.13. The molecule has 6 heteroatoms. The van der Waals surface area contributed by atoms with Gasteiger partial charge in [-0.1, -0.05) is 13.0 Å². The van der Waals surface area contributed by atoms with Gasteiger partial charge in [0, 0.05) is 22.7 Å². The first-order chi connectivity index (χ1) is 8.44. The van der Waals surface area contributed by atoms with Crippen LogP contribution in [0.5, 0.6) is 11.5 Å². The first-order valence-electron chi connectivity index (χ1n) is 5.63. The molecule has 0 fully saturated rings. The van der Waals surface area contributed by atoms with Gasteiger partial charge in [-0.15, -0.1) is 0 Å². The molecule has 1 aromatic rings. The molecular weight excluding hydrogens is 276 g/mol. The van der Waals surface area contributed by atoms with Crippen LogP contribution in [0.3, 0.4) is 0 Å². The van der Waals surface area contributed by atoms with Crippen molar-refractivity contribution in [3.8, 4) is 11.5 Å². The average molecular weight is 293 g/mol. The van der Waals surface area contributed by atoms with Crippen molar-refractivity contribution in [2.45, 2.75) is 13.3 Å². The van der Waals surface area contributed by atoms with Gasteiger partial charge in [0.15, 0.2) is 0 Å². The van der Waals surface area contributed by atoms with Crippen LogP contribution in [0.4, 0.5) is 0 Å². The highest BCUT2D eigenvalue weighted by Crippen LogP contribution is 2.20. The summed E-state index contributed by atoms with van der Waals surface area (Å²) in [4.78, 5) is 0. The second-order valence-corrected chi connectivity index (χ2v) is 6.79. The summed E-state index contributed by atoms with van der Waals surface area (Å²) in [5.74, 6) is 1.17. The Kier molecular flexibility index (Phi) is 5.75. The van der Waals surface area contributed by atoms with Crippen molar-refractivity contribution in [2.24, 2.45) is 5.92 Å². The zero-order valence-corrected chi connectivity index (χ0v) is 12.0. The topological polar surface area (TPSA) is 52.6 Å². The maximum absolute atomic E-state index is 11.0. The summed E-state index contributed by atoms with van der Waals surface area (Å²) >= 11 is 0. The SMILES string of the molecule is CCC(COc1cccc(OC)c1)CS(=O)(=O)Cl. The fourth-order valence-corrected chi connectivity index (χ4v) is 2.90. The minimum Gasteiger partial charge on any atom is -0.497 e. The van der Waals surface area contributed by atoms with Crippen LogP contribution < -0.4 is 9.47 Å². The predicted molar refractivity (Wildman–Crippen MR) is 71.9 cm³/mol. The molecule has 0 bridgehead atoms. The molecule has 1 aromatic carbocycles. The zero-order valence-electron chi connectivity index (χ0n) is 10.4. The molecule has 0 saturated heterocycles. The molecule has 0 saturated carbocycles. The maximum atomic E-state index is 11.0. The van der Waals surface area contributed by atoms with Gasteiger partial charge in [0.1, 0.15) is 11.5 Å². The Balaban J connectivity index is 2.56. The second-order valence-electron chi connectivity index (χ2n) is 3.97. The lowest BCUT2D eigenvalue weighted by atomic mass is 10.1. The van der Waals surface area contributed by atoms with E-state index in [1.165, 1.54) is 0 Å². The monoisotopic (exact) mass is 292 g/mol. The van der Waals surface area contributed by atoms with Crippen LogP contribution >= 0.6 is 10.7 Å². The molecule has 4 nitrogen and oxygen atoms in total. The van der Waals surface area contributed by atoms with Crippen molar-refractivity contribution in [2.75, 3.05) is 19.5 Å². The summed E-state index contributed by atoms with van der Waals surface area (Å²) in [5, 5.41) is 0. The largest absolute Gasteiger partial charge is 0.497 e. The fourth-order valence-electron chi connectivity index (χ4n) is 1.47. The summed E-state index contributed by atoms with van der Waals surface area (Å²) in [6, 6.07) is 7.17. The smallest absolute Gasteiger partial charge is 0.232 e. The van der Waals surface area contributed by atoms with E-state index < -0.39 is 9.05 Å². The lowest BCUT2D eigenvalue weighted by molar-refractivity contribution is 0.256. The summed E-state index contributed by atoms with van der Waals surface area (Å²) in [6.45, 7) is 2.22. The normalized spacial score (nSPS) is 13.1. The number of halogens is 1. The Labute approximate surface area is 112 Å². The Morgan fingerprint density at radius 3 is 2.56 bits per heavy atom. The number of benzene rings is 1. The molecule has 1 unspecified atom stereocenters. The molecular formula is C12H17ClO4S. The third-order valence-electron chi connectivity index (χ3n) is 2.54. The molecule has 0 heterocycles. The first kappa shape index (κ1) is 15.1. The van der Waals surface area contributed by atoms with Gasteiger partial charge in [-0.25, -0.2) is 8.42 Å². The Bertz CT molecular complexity index is 473. The van der Waals surface area contributed by atoms with Crippen LogP contribution in [0.2, 0.25) is 0 Å². The molecule has 0 amide bonds. The van der Waals surface area contributed by atoms with Crippen molar-refractivity contribution in [3.05, 3.63) is 24.3 Å². The average Bonchev–Trinajstić information content (AvgIpc) is 2.33. The van der Waals surface area contributed by atoms with Crippen molar-refractivity contribution in [3.63, 3.8) is 0 Å². The standard InChI is InChI=1S/C12H17ClO4S/c1-3-10(9-18(13,14)15)8-17-12-6-4-5-11(7-12)16-2/h4-7,10H,3,8-9H2,1-2H3. The Morgan fingerprint density at radius 2 is 2.00 bits per heavy atom. The zero-order chi connectivity index (χ0) is 13.6. The molecule has 0 aliphatic rings. The molecule has 0 aliphatic heterocycles. The number of hydrogen-bond donors (Lipinski definition) is 0. The van der Waals surface area contributed by atoms with Crippen LogP contribution in [-0.4, -0.2) is 27.9 Å². The lowest BCUT2D eigenvalue weighted by Crippen LogP contribution is -2.18. The minimum atomic E-state index is -3.49. The van der Waals surface area contributed by atoms with E-state index in [4.69, 9.17) is 20.2 Å². The highest BCUT2D eigenvalue weighted by Gasteiger charge is 2.16. The summed E-state index contributed by atoms with van der Waals surface area (Å²) < 4.78 is 32.6. The van der Waals surface area contributed by atoms with Crippen molar-refractivity contribution in [1.82, 2.24) is 0 Å². The van der Waals surface area contributed by atoms with Crippen LogP contribution in [0, 0.1) is 5.92 Å². The molecule has 0 aromatic heterocycles. The maximum Gasteiger partial charge on any atom is 0.232 e. The molecule has 0 spiro atoms. The van der Waals surface area contributed by atoms with Gasteiger partial charge in [-0.3, -0.25) is 0 Å². The van der Waals surface area contributed by atoms with Gasteiger partial charge < -0.3 is 9.47 Å². The molecule has 18 heavy (non-hydrogen) atoms. The van der Waals surface area contributed by atoms with Crippen LogP contribution in [-0.2, 0) is 9.05 Å². The van der Waals surface area contributed by atoms with Gasteiger partial charge in [0.2, 0.25) is 9.05 Å². The minimum absolute atomic E-state index is 0.0744. The van der Waals surface area contributed by atoms with Gasteiger partial charge in [0.05, 0.1) is 19.5 Å². The molecule has 102 valence electrons. The van der Waals surface area contributed by atoms with E-state index >= 15 is 0 Å². The fraction of sp³-hybridized carbons (Fsp3) is 0.500. The quantitative estimate of drug-likeness (QED) is 0.725. The van der Waals surface area contributed by atoms with Crippen LogP contribution in [0.25, 0.3) is 0 Å². The Morgan fingerprint density at radius 1 is 1.33 bits per heavy atom. The van der Waals surface area contributed by atoms with Crippen molar-refractivity contribution < 1.29 is 17.9 Å². The van der Waals surface area contributed by atoms with Gasteiger partial charge in [-0.2, -0.15) is 0 Å². The molecule has 0 N–H and O–H groups in total. The van der Waals surface area contributed by atoms with Crippen LogP contribution in [0.1, 0.15) is 13.3 Å². The number of hydrogen-bond acceptors (Lipinski definition) is 4. The van der Waals surface area contributed by atoms with E-state index in [1.807, 2.05) is 19.1 Å². The van der Waals surface area contributed by atoms with E-state index in [2.05, 4.69) is 0 Å². The predicted octanol–water partition coefficient (Wildman–Crippen LogP) is 2.67. The summed E-state index contributed by atoms with van der Waals surface area (Å²) in [5.41, 5.74) is 0. The van der Waals surface area contributed by atoms with E-state index in [9.17, 15) is 8.42 Å².